The Labute approximate surface area is 125 Å². The molecule has 2 N–H and O–H groups in total. The lowest BCUT2D eigenvalue weighted by Gasteiger charge is -2.29. The molecule has 110 valence electrons. The second-order valence-corrected chi connectivity index (χ2v) is 6.97. The summed E-state index contributed by atoms with van der Waals surface area (Å²) < 4.78 is 28.6. The maximum atomic E-state index is 12.1. The van der Waals surface area contributed by atoms with Gasteiger partial charge in [0.25, 0.3) is 0 Å². The van der Waals surface area contributed by atoms with Gasteiger partial charge in [-0.05, 0) is 40.9 Å². The van der Waals surface area contributed by atoms with Crippen molar-refractivity contribution >= 4 is 37.8 Å². The average Bonchev–Trinajstić information content (AvgIpc) is 2.41. The molecule has 1 aliphatic rings. The van der Waals surface area contributed by atoms with Crippen LogP contribution >= 0.6 is 15.9 Å². The Balaban J connectivity index is 2.01. The molecule has 1 aromatic rings. The first-order chi connectivity index (χ1) is 9.38. The molecule has 2 rings (SSSR count). The number of carbonyl (C=O) groups is 1. The number of piperidine rings is 1. The average molecular weight is 364 g/mol. The number of rotatable bonds is 4. The van der Waals surface area contributed by atoms with Crippen molar-refractivity contribution in [3.8, 4) is 0 Å². The fraction of sp³-hybridized carbons (Fsp3) is 0.455. The highest BCUT2D eigenvalue weighted by molar-refractivity contribution is 9.10. The van der Waals surface area contributed by atoms with Crippen LogP contribution in [-0.2, 0) is 15.0 Å². The number of nitrogens with one attached hydrogen (secondary N) is 1. The van der Waals surface area contributed by atoms with Gasteiger partial charge in [0.15, 0.2) is 0 Å². The van der Waals surface area contributed by atoms with E-state index in [-0.39, 0.29) is 13.1 Å². The number of halogens is 1. The van der Waals surface area contributed by atoms with Gasteiger partial charge >= 0.3 is 16.2 Å². The van der Waals surface area contributed by atoms with Crippen LogP contribution in [0.2, 0.25) is 0 Å². The van der Waals surface area contributed by atoms with Gasteiger partial charge in [-0.2, -0.15) is 12.7 Å². The van der Waals surface area contributed by atoms with Gasteiger partial charge in [-0.25, -0.2) is 4.98 Å². The summed E-state index contributed by atoms with van der Waals surface area (Å²) in [5.74, 6) is -1.33. The van der Waals surface area contributed by atoms with E-state index in [4.69, 9.17) is 5.11 Å². The molecule has 1 saturated heterocycles. The zero-order valence-corrected chi connectivity index (χ0v) is 12.9. The van der Waals surface area contributed by atoms with Crippen molar-refractivity contribution in [3.05, 3.63) is 22.9 Å². The van der Waals surface area contributed by atoms with Crippen LogP contribution < -0.4 is 4.72 Å². The minimum absolute atomic E-state index is 0.205. The highest BCUT2D eigenvalue weighted by Crippen LogP contribution is 2.21. The number of hydrogen-bond donors (Lipinski definition) is 2. The van der Waals surface area contributed by atoms with Gasteiger partial charge in [-0.1, -0.05) is 0 Å². The molecule has 0 saturated carbocycles. The summed E-state index contributed by atoms with van der Waals surface area (Å²) in [6.45, 7) is 0.409. The first-order valence-electron chi connectivity index (χ1n) is 6.01. The van der Waals surface area contributed by atoms with Gasteiger partial charge in [0, 0.05) is 13.1 Å². The van der Waals surface area contributed by atoms with Gasteiger partial charge in [-0.3, -0.25) is 9.52 Å². The highest BCUT2D eigenvalue weighted by Gasteiger charge is 2.30. The zero-order valence-electron chi connectivity index (χ0n) is 10.5. The summed E-state index contributed by atoms with van der Waals surface area (Å²) in [7, 11) is -3.66. The number of aromatic nitrogens is 1. The lowest BCUT2D eigenvalue weighted by Crippen LogP contribution is -2.42. The third-order valence-corrected chi connectivity index (χ3v) is 5.13. The molecule has 0 aliphatic carbocycles. The SMILES string of the molecule is O=C(O)C1CCN(S(=O)(=O)Nc2ccc(Br)nc2)CC1. The Morgan fingerprint density at radius 1 is 1.40 bits per heavy atom. The number of nitrogens with zero attached hydrogens (tertiary/aromatic N) is 2. The maximum absolute atomic E-state index is 12.1. The van der Waals surface area contributed by atoms with Crippen molar-refractivity contribution in [3.63, 3.8) is 0 Å². The van der Waals surface area contributed by atoms with Crippen LogP contribution in [0.3, 0.4) is 0 Å². The van der Waals surface area contributed by atoms with E-state index in [0.717, 1.165) is 0 Å². The predicted molar refractivity (Wildman–Crippen MR) is 76.4 cm³/mol. The molecule has 1 aromatic heterocycles. The van der Waals surface area contributed by atoms with E-state index < -0.39 is 22.1 Å². The highest BCUT2D eigenvalue weighted by atomic mass is 79.9. The second kappa shape index (κ2) is 6.06. The van der Waals surface area contributed by atoms with Gasteiger partial charge in [0.2, 0.25) is 0 Å². The van der Waals surface area contributed by atoms with Gasteiger partial charge in [-0.15, -0.1) is 0 Å². The number of carboxylic acids is 1. The third kappa shape index (κ3) is 3.68. The van der Waals surface area contributed by atoms with E-state index >= 15 is 0 Å². The molecule has 20 heavy (non-hydrogen) atoms. The molecular weight excluding hydrogens is 350 g/mol. The first-order valence-corrected chi connectivity index (χ1v) is 8.24. The maximum Gasteiger partial charge on any atom is 0.306 e. The molecule has 0 atom stereocenters. The van der Waals surface area contributed by atoms with E-state index in [1.165, 1.54) is 10.5 Å². The van der Waals surface area contributed by atoms with Crippen LogP contribution in [0.5, 0.6) is 0 Å². The fourth-order valence-corrected chi connectivity index (χ4v) is 3.47. The molecule has 2 heterocycles. The normalized spacial score (nSPS) is 17.9. The Bertz CT molecular complexity index is 582. The van der Waals surface area contributed by atoms with E-state index in [2.05, 4.69) is 25.6 Å². The van der Waals surface area contributed by atoms with E-state index in [9.17, 15) is 13.2 Å². The molecule has 9 heteroatoms. The minimum Gasteiger partial charge on any atom is -0.481 e. The van der Waals surface area contributed by atoms with Crippen molar-refractivity contribution in [1.29, 1.82) is 0 Å². The molecule has 0 spiro atoms. The number of anilines is 1. The standard InChI is InChI=1S/C11H14BrN3O4S/c12-10-2-1-9(7-13-10)14-20(18,19)15-5-3-8(4-6-15)11(16)17/h1-2,7-8,14H,3-6H2,(H,16,17). The molecule has 1 fully saturated rings. The van der Waals surface area contributed by atoms with Crippen LogP contribution in [0.25, 0.3) is 0 Å². The fourth-order valence-electron chi connectivity index (χ4n) is 1.99. The van der Waals surface area contributed by atoms with E-state index in [0.29, 0.717) is 23.1 Å². The number of aliphatic carboxylic acids is 1. The zero-order chi connectivity index (χ0) is 14.8. The summed E-state index contributed by atoms with van der Waals surface area (Å²) in [5, 5.41) is 8.89. The Morgan fingerprint density at radius 3 is 2.55 bits per heavy atom. The number of hydrogen-bond acceptors (Lipinski definition) is 4. The molecule has 0 bridgehead atoms. The summed E-state index contributed by atoms with van der Waals surface area (Å²) >= 11 is 3.17. The van der Waals surface area contributed by atoms with Crippen LogP contribution in [-0.4, -0.2) is 41.9 Å². The molecule has 0 unspecified atom stereocenters. The van der Waals surface area contributed by atoms with Crippen LogP contribution in [0, 0.1) is 5.92 Å². The van der Waals surface area contributed by atoms with Crippen molar-refractivity contribution in [2.24, 2.45) is 5.92 Å². The van der Waals surface area contributed by atoms with Crippen LogP contribution in [0.1, 0.15) is 12.8 Å². The lowest BCUT2D eigenvalue weighted by molar-refractivity contribution is -0.142. The Kier molecular flexibility index (Phi) is 4.61. The quantitative estimate of drug-likeness (QED) is 0.785. The summed E-state index contributed by atoms with van der Waals surface area (Å²) in [6.07, 6.45) is 2.06. The Hall–Kier alpha value is -1.19. The number of carboxylic acid groups (broad SMARTS) is 1. The van der Waals surface area contributed by atoms with Gasteiger partial charge in [0.05, 0.1) is 17.8 Å². The third-order valence-electron chi connectivity index (χ3n) is 3.12. The Morgan fingerprint density at radius 2 is 2.05 bits per heavy atom. The molecule has 1 aliphatic heterocycles. The predicted octanol–water partition coefficient (Wildman–Crippen LogP) is 1.30. The summed E-state index contributed by atoms with van der Waals surface area (Å²) in [5.41, 5.74) is 0.369. The molecular formula is C11H14BrN3O4S. The van der Waals surface area contributed by atoms with Gasteiger partial charge in [0.1, 0.15) is 4.60 Å². The molecule has 7 nitrogen and oxygen atoms in total. The van der Waals surface area contributed by atoms with E-state index in [1.54, 1.807) is 12.1 Å². The molecule has 0 amide bonds. The number of pyridine rings is 1. The summed E-state index contributed by atoms with van der Waals surface area (Å²) in [6, 6.07) is 3.23. The monoisotopic (exact) mass is 363 g/mol. The smallest absolute Gasteiger partial charge is 0.306 e. The van der Waals surface area contributed by atoms with E-state index in [1.807, 2.05) is 0 Å². The topological polar surface area (TPSA) is 99.6 Å². The van der Waals surface area contributed by atoms with Crippen molar-refractivity contribution in [1.82, 2.24) is 9.29 Å². The summed E-state index contributed by atoms with van der Waals surface area (Å²) in [4.78, 5) is 14.8. The van der Waals surface area contributed by atoms with Crippen LogP contribution in [0.15, 0.2) is 22.9 Å². The second-order valence-electron chi connectivity index (χ2n) is 4.49. The first kappa shape index (κ1) is 15.2. The van der Waals surface area contributed by atoms with Crippen molar-refractivity contribution < 1.29 is 18.3 Å². The molecule has 0 radical (unpaired) electrons. The molecule has 0 aromatic carbocycles. The van der Waals surface area contributed by atoms with Gasteiger partial charge < -0.3 is 5.11 Å². The van der Waals surface area contributed by atoms with Crippen LogP contribution in [0.4, 0.5) is 5.69 Å². The largest absolute Gasteiger partial charge is 0.481 e. The van der Waals surface area contributed by atoms with Crippen molar-refractivity contribution in [2.75, 3.05) is 17.8 Å². The lowest BCUT2D eigenvalue weighted by atomic mass is 9.99. The minimum atomic E-state index is -3.66. The van der Waals surface area contributed by atoms with Crippen molar-refractivity contribution in [2.45, 2.75) is 12.8 Å².